The molecule has 0 aliphatic rings. The Balaban J connectivity index is 2.11. The van der Waals surface area contributed by atoms with Gasteiger partial charge in [0, 0.05) is 11.1 Å². The Hall–Kier alpha value is -3.97. The first-order valence-electron chi connectivity index (χ1n) is 9.98. The van der Waals surface area contributed by atoms with Gasteiger partial charge in [0.05, 0.1) is 30.9 Å². The Bertz CT molecular complexity index is 1180. The maximum atomic E-state index is 12.5. The second-order valence-corrected chi connectivity index (χ2v) is 7.04. The van der Waals surface area contributed by atoms with E-state index in [2.05, 4.69) is 12.6 Å². The first-order chi connectivity index (χ1) is 15.0. The monoisotopic (exact) mass is 408 g/mol. The van der Waals surface area contributed by atoms with E-state index in [0.717, 1.165) is 22.3 Å². The molecule has 1 aromatic heterocycles. The van der Waals surface area contributed by atoms with Gasteiger partial charge in [-0.25, -0.2) is 4.98 Å². The number of allylic oxidation sites excluding steroid dienone is 1. The van der Waals surface area contributed by atoms with E-state index < -0.39 is 0 Å². The Morgan fingerprint density at radius 3 is 2.16 bits per heavy atom. The third-order valence-corrected chi connectivity index (χ3v) is 5.03. The number of rotatable bonds is 7. The zero-order valence-electron chi connectivity index (χ0n) is 18.0. The van der Waals surface area contributed by atoms with E-state index in [1.54, 1.807) is 13.2 Å². The van der Waals surface area contributed by atoms with Crippen LogP contribution in [-0.4, -0.2) is 17.9 Å². The Morgan fingerprint density at radius 2 is 1.68 bits per heavy atom. The lowest BCUT2D eigenvalue weighted by Crippen LogP contribution is -2.07. The van der Waals surface area contributed by atoms with Gasteiger partial charge in [-0.15, -0.1) is 0 Å². The molecular formula is C27H24N2O2. The first kappa shape index (κ1) is 21.7. The fourth-order valence-electron chi connectivity index (χ4n) is 3.56. The van der Waals surface area contributed by atoms with E-state index in [9.17, 15) is 4.79 Å². The molecule has 0 saturated heterocycles. The van der Waals surface area contributed by atoms with Gasteiger partial charge in [0.25, 0.3) is 0 Å². The van der Waals surface area contributed by atoms with E-state index in [1.807, 2.05) is 67.6 Å². The van der Waals surface area contributed by atoms with Crippen LogP contribution in [0.3, 0.4) is 0 Å². The molecule has 0 bridgehead atoms. The maximum Gasteiger partial charge on any atom is 0.164 e. The molecule has 31 heavy (non-hydrogen) atoms. The number of hydrogen-bond donors (Lipinski definition) is 0. The summed E-state index contributed by atoms with van der Waals surface area (Å²) in [5.74, 6) is 0.347. The van der Waals surface area contributed by atoms with Crippen LogP contribution in [0.5, 0.6) is 5.75 Å². The predicted octanol–water partition coefficient (Wildman–Crippen LogP) is 6.37. The summed E-state index contributed by atoms with van der Waals surface area (Å²) >= 11 is 0. The molecule has 0 N–H and O–H groups in total. The van der Waals surface area contributed by atoms with Crippen molar-refractivity contribution in [3.63, 3.8) is 0 Å². The standard InChI is InChI=1S/C27H24N2O2/c1-5-7-24-23(6-2)25(18(3)30)27(31-4)26(29-24)22-14-12-21(13-15-22)20-10-8-19(9-11-20)16-17-28/h5-15H,2,16H2,1,3-4H3/b7-5-. The van der Waals surface area contributed by atoms with Gasteiger partial charge in [0.2, 0.25) is 0 Å². The number of nitriles is 1. The Morgan fingerprint density at radius 1 is 1.10 bits per heavy atom. The topological polar surface area (TPSA) is 63.0 Å². The number of methoxy groups -OCH3 is 1. The van der Waals surface area contributed by atoms with Crippen LogP contribution in [-0.2, 0) is 6.42 Å². The number of aromatic nitrogens is 1. The number of pyridine rings is 1. The van der Waals surface area contributed by atoms with Crippen LogP contribution in [0.2, 0.25) is 0 Å². The van der Waals surface area contributed by atoms with E-state index >= 15 is 0 Å². The van der Waals surface area contributed by atoms with Gasteiger partial charge in [-0.05, 0) is 36.6 Å². The summed E-state index contributed by atoms with van der Waals surface area (Å²) in [5.41, 5.74) is 6.40. The molecule has 1 heterocycles. The first-order valence-corrected chi connectivity index (χ1v) is 9.98. The third-order valence-electron chi connectivity index (χ3n) is 5.03. The van der Waals surface area contributed by atoms with Crippen LogP contribution < -0.4 is 4.74 Å². The summed E-state index contributed by atoms with van der Waals surface area (Å²) in [6.45, 7) is 7.28. The SMILES string of the molecule is C=Cc1c(/C=C\C)nc(-c2ccc(-c3ccc(CC#N)cc3)cc2)c(OC)c1C(C)=O. The number of carbonyl (C=O) groups is 1. The summed E-state index contributed by atoms with van der Waals surface area (Å²) in [6.07, 6.45) is 5.79. The molecule has 4 nitrogen and oxygen atoms in total. The van der Waals surface area contributed by atoms with Crippen molar-refractivity contribution >= 4 is 17.9 Å². The Kier molecular flexibility index (Phi) is 6.79. The van der Waals surface area contributed by atoms with E-state index in [1.165, 1.54) is 6.92 Å². The van der Waals surface area contributed by atoms with Crippen molar-refractivity contribution in [2.75, 3.05) is 7.11 Å². The fraction of sp³-hybridized carbons (Fsp3) is 0.148. The lowest BCUT2D eigenvalue weighted by molar-refractivity contribution is 0.101. The highest BCUT2D eigenvalue weighted by atomic mass is 16.5. The average molecular weight is 409 g/mol. The maximum absolute atomic E-state index is 12.5. The molecule has 2 aromatic carbocycles. The second-order valence-electron chi connectivity index (χ2n) is 7.04. The zero-order chi connectivity index (χ0) is 22.4. The quantitative estimate of drug-likeness (QED) is 0.426. The highest BCUT2D eigenvalue weighted by molar-refractivity contribution is 6.03. The fourth-order valence-corrected chi connectivity index (χ4v) is 3.56. The van der Waals surface area contributed by atoms with E-state index in [4.69, 9.17) is 15.0 Å². The number of hydrogen-bond acceptors (Lipinski definition) is 4. The largest absolute Gasteiger partial charge is 0.494 e. The summed E-state index contributed by atoms with van der Waals surface area (Å²) in [5, 5.41) is 8.83. The van der Waals surface area contributed by atoms with Crippen molar-refractivity contribution in [1.29, 1.82) is 5.26 Å². The number of carbonyl (C=O) groups excluding carboxylic acids is 1. The van der Waals surface area contributed by atoms with Crippen molar-refractivity contribution < 1.29 is 9.53 Å². The third kappa shape index (κ3) is 4.46. The van der Waals surface area contributed by atoms with Crippen LogP contribution in [0.4, 0.5) is 0 Å². The molecule has 3 rings (SSSR count). The van der Waals surface area contributed by atoms with E-state index in [0.29, 0.717) is 34.7 Å². The predicted molar refractivity (Wildman–Crippen MR) is 126 cm³/mol. The average Bonchev–Trinajstić information content (AvgIpc) is 2.79. The summed E-state index contributed by atoms with van der Waals surface area (Å²) in [7, 11) is 1.55. The Labute approximate surface area is 183 Å². The van der Waals surface area contributed by atoms with Gasteiger partial charge in [-0.2, -0.15) is 5.26 Å². The van der Waals surface area contributed by atoms with Crippen LogP contribution >= 0.6 is 0 Å². The molecule has 154 valence electrons. The van der Waals surface area contributed by atoms with Crippen molar-refractivity contribution in [2.45, 2.75) is 20.3 Å². The molecule has 0 aliphatic heterocycles. The van der Waals surface area contributed by atoms with Gasteiger partial charge in [-0.1, -0.05) is 67.3 Å². The van der Waals surface area contributed by atoms with Gasteiger partial charge >= 0.3 is 0 Å². The normalized spacial score (nSPS) is 10.6. The molecule has 0 fully saturated rings. The molecule has 0 spiro atoms. The zero-order valence-corrected chi connectivity index (χ0v) is 18.0. The molecule has 3 aromatic rings. The lowest BCUT2D eigenvalue weighted by atomic mass is 9.96. The molecule has 0 amide bonds. The number of nitrogens with zero attached hydrogens (tertiary/aromatic N) is 2. The van der Waals surface area contributed by atoms with Crippen LogP contribution in [0.25, 0.3) is 34.5 Å². The second kappa shape index (κ2) is 9.69. The van der Waals surface area contributed by atoms with E-state index in [-0.39, 0.29) is 5.78 Å². The van der Waals surface area contributed by atoms with Gasteiger partial charge in [0.1, 0.15) is 5.69 Å². The smallest absolute Gasteiger partial charge is 0.164 e. The molecule has 0 atom stereocenters. The van der Waals surface area contributed by atoms with Crippen LogP contribution in [0.1, 0.15) is 41.0 Å². The van der Waals surface area contributed by atoms with Crippen LogP contribution in [0.15, 0.2) is 61.2 Å². The molecule has 0 radical (unpaired) electrons. The summed E-state index contributed by atoms with van der Waals surface area (Å²) in [4.78, 5) is 17.2. The minimum absolute atomic E-state index is 0.102. The van der Waals surface area contributed by atoms with Gasteiger partial charge < -0.3 is 4.74 Å². The number of ketones is 1. The molecular weight excluding hydrogens is 384 g/mol. The van der Waals surface area contributed by atoms with Crippen molar-refractivity contribution in [3.05, 3.63) is 83.6 Å². The number of ether oxygens (including phenoxy) is 1. The van der Waals surface area contributed by atoms with Crippen molar-refractivity contribution in [1.82, 2.24) is 4.98 Å². The lowest BCUT2D eigenvalue weighted by Gasteiger charge is -2.17. The highest BCUT2D eigenvalue weighted by Gasteiger charge is 2.22. The number of benzene rings is 2. The molecule has 0 unspecified atom stereocenters. The van der Waals surface area contributed by atoms with Gasteiger partial charge in [-0.3, -0.25) is 4.79 Å². The highest BCUT2D eigenvalue weighted by Crippen LogP contribution is 2.37. The summed E-state index contributed by atoms with van der Waals surface area (Å²) < 4.78 is 5.64. The van der Waals surface area contributed by atoms with Crippen LogP contribution in [0, 0.1) is 11.3 Å². The van der Waals surface area contributed by atoms with Crippen molar-refractivity contribution in [2.24, 2.45) is 0 Å². The van der Waals surface area contributed by atoms with Gasteiger partial charge in [0.15, 0.2) is 11.5 Å². The summed E-state index contributed by atoms with van der Waals surface area (Å²) in [6, 6.07) is 18.1. The minimum atomic E-state index is -0.102. The van der Waals surface area contributed by atoms with Crippen molar-refractivity contribution in [3.8, 4) is 34.2 Å². The molecule has 4 heteroatoms. The molecule has 0 aliphatic carbocycles. The molecule has 0 saturated carbocycles. The minimum Gasteiger partial charge on any atom is -0.494 e. The number of Topliss-reactive ketones (excluding diaryl/α,β-unsaturated/α-hetero) is 1.